The topological polar surface area (TPSA) is 53.1 Å². The van der Waals surface area contributed by atoms with E-state index in [1.54, 1.807) is 0 Å². The van der Waals surface area contributed by atoms with Gasteiger partial charge in [-0.25, -0.2) is 0 Å². The Labute approximate surface area is 94.1 Å². The average molecular weight is 217 g/mol. The third-order valence-electron chi connectivity index (χ3n) is 2.91. The summed E-state index contributed by atoms with van der Waals surface area (Å²) >= 11 is 0. The number of nitrogens with one attached hydrogen (secondary N) is 1. The van der Waals surface area contributed by atoms with Gasteiger partial charge in [0, 0.05) is 16.6 Å². The number of carbonyl (C=O) groups is 1. The van der Waals surface area contributed by atoms with E-state index in [-0.39, 0.29) is 6.42 Å². The van der Waals surface area contributed by atoms with Gasteiger partial charge in [-0.2, -0.15) is 0 Å². The Morgan fingerprint density at radius 3 is 2.81 bits per heavy atom. The molecule has 3 heteroatoms. The maximum atomic E-state index is 10.5. The van der Waals surface area contributed by atoms with Crippen molar-refractivity contribution in [1.82, 2.24) is 4.98 Å². The third kappa shape index (κ3) is 1.94. The van der Waals surface area contributed by atoms with Crippen molar-refractivity contribution in [3.63, 3.8) is 0 Å². The molecule has 0 spiro atoms. The number of carboxylic acids is 1. The summed E-state index contributed by atoms with van der Waals surface area (Å²) in [6.07, 6.45) is 0.738. The molecule has 2 rings (SSSR count). The molecule has 0 saturated heterocycles. The van der Waals surface area contributed by atoms with Gasteiger partial charge in [-0.1, -0.05) is 12.1 Å². The maximum absolute atomic E-state index is 10.5. The second-order valence-electron chi connectivity index (χ2n) is 4.17. The number of carboxylic acid groups (broad SMARTS) is 1. The second kappa shape index (κ2) is 4.00. The van der Waals surface area contributed by atoms with Gasteiger partial charge in [-0.15, -0.1) is 0 Å². The van der Waals surface area contributed by atoms with Crippen molar-refractivity contribution in [2.75, 3.05) is 0 Å². The van der Waals surface area contributed by atoms with E-state index in [1.807, 2.05) is 13.8 Å². The summed E-state index contributed by atoms with van der Waals surface area (Å²) < 4.78 is 0. The van der Waals surface area contributed by atoms with Crippen molar-refractivity contribution in [2.24, 2.45) is 0 Å². The first kappa shape index (κ1) is 10.7. The molecule has 1 aromatic carbocycles. The summed E-state index contributed by atoms with van der Waals surface area (Å²) in [5.41, 5.74) is 4.50. The molecule has 84 valence electrons. The van der Waals surface area contributed by atoms with Crippen LogP contribution in [0, 0.1) is 13.8 Å². The van der Waals surface area contributed by atoms with Crippen molar-refractivity contribution >= 4 is 16.9 Å². The standard InChI is InChI=1S/C13H15NO2/c1-8-3-4-10-9(2)11(5-6-13(15)16)14-12(10)7-8/h3-4,7,14H,5-6H2,1-2H3,(H,15,16). The van der Waals surface area contributed by atoms with Crippen LogP contribution in [0.3, 0.4) is 0 Å². The Balaban J connectivity index is 2.39. The number of aryl methyl sites for hydroxylation is 3. The van der Waals surface area contributed by atoms with Gasteiger partial charge in [0.2, 0.25) is 0 Å². The lowest BCUT2D eigenvalue weighted by molar-refractivity contribution is -0.136. The van der Waals surface area contributed by atoms with Crippen LogP contribution in [0.25, 0.3) is 10.9 Å². The van der Waals surface area contributed by atoms with Gasteiger partial charge < -0.3 is 10.1 Å². The Morgan fingerprint density at radius 1 is 1.38 bits per heavy atom. The predicted molar refractivity (Wildman–Crippen MR) is 63.7 cm³/mol. The molecule has 0 bridgehead atoms. The minimum Gasteiger partial charge on any atom is -0.481 e. The molecule has 2 aromatic rings. The Morgan fingerprint density at radius 2 is 2.12 bits per heavy atom. The zero-order chi connectivity index (χ0) is 11.7. The molecule has 1 aromatic heterocycles. The van der Waals surface area contributed by atoms with Gasteiger partial charge in [-0.05, 0) is 37.5 Å². The summed E-state index contributed by atoms with van der Waals surface area (Å²) in [5, 5.41) is 9.86. The van der Waals surface area contributed by atoms with Gasteiger partial charge >= 0.3 is 5.97 Å². The first-order valence-electron chi connectivity index (χ1n) is 5.37. The van der Waals surface area contributed by atoms with E-state index in [1.165, 1.54) is 10.9 Å². The second-order valence-corrected chi connectivity index (χ2v) is 4.17. The largest absolute Gasteiger partial charge is 0.481 e. The number of aromatic nitrogens is 1. The summed E-state index contributed by atoms with van der Waals surface area (Å²) in [7, 11) is 0. The number of hydrogen-bond acceptors (Lipinski definition) is 1. The quantitative estimate of drug-likeness (QED) is 0.830. The average Bonchev–Trinajstić information content (AvgIpc) is 2.52. The van der Waals surface area contributed by atoms with Crippen molar-refractivity contribution in [1.29, 1.82) is 0 Å². The molecular formula is C13H15NO2. The van der Waals surface area contributed by atoms with E-state index in [9.17, 15) is 4.79 Å². The number of aromatic amines is 1. The summed E-state index contributed by atoms with van der Waals surface area (Å²) in [4.78, 5) is 13.8. The highest BCUT2D eigenvalue weighted by molar-refractivity contribution is 5.85. The van der Waals surface area contributed by atoms with Crippen LogP contribution in [0.15, 0.2) is 18.2 Å². The normalized spacial score (nSPS) is 10.9. The van der Waals surface area contributed by atoms with Gasteiger partial charge in [0.15, 0.2) is 0 Å². The number of benzene rings is 1. The van der Waals surface area contributed by atoms with Crippen molar-refractivity contribution in [3.05, 3.63) is 35.0 Å². The van der Waals surface area contributed by atoms with Crippen LogP contribution in [0.5, 0.6) is 0 Å². The fourth-order valence-corrected chi connectivity index (χ4v) is 1.99. The van der Waals surface area contributed by atoms with Crippen LogP contribution in [0.1, 0.15) is 23.2 Å². The van der Waals surface area contributed by atoms with E-state index in [4.69, 9.17) is 5.11 Å². The summed E-state index contributed by atoms with van der Waals surface area (Å²) in [5.74, 6) is -0.755. The van der Waals surface area contributed by atoms with Crippen LogP contribution in [0.4, 0.5) is 0 Å². The number of fused-ring (bicyclic) bond motifs is 1. The molecular weight excluding hydrogens is 202 g/mol. The lowest BCUT2D eigenvalue weighted by Crippen LogP contribution is -1.98. The van der Waals surface area contributed by atoms with E-state index in [2.05, 4.69) is 23.2 Å². The van der Waals surface area contributed by atoms with Crippen molar-refractivity contribution < 1.29 is 9.90 Å². The van der Waals surface area contributed by atoms with Crippen LogP contribution in [-0.4, -0.2) is 16.1 Å². The van der Waals surface area contributed by atoms with Crippen LogP contribution in [0.2, 0.25) is 0 Å². The molecule has 0 aliphatic heterocycles. The number of H-pyrrole nitrogens is 1. The highest BCUT2D eigenvalue weighted by Gasteiger charge is 2.08. The van der Waals surface area contributed by atoms with E-state index < -0.39 is 5.97 Å². The lowest BCUT2D eigenvalue weighted by Gasteiger charge is -1.96. The maximum Gasteiger partial charge on any atom is 0.303 e. The van der Waals surface area contributed by atoms with Gasteiger partial charge in [0.1, 0.15) is 0 Å². The Bertz CT molecular complexity index is 540. The van der Waals surface area contributed by atoms with Crippen LogP contribution in [-0.2, 0) is 11.2 Å². The molecule has 0 unspecified atom stereocenters. The van der Waals surface area contributed by atoms with Gasteiger partial charge in [0.25, 0.3) is 0 Å². The van der Waals surface area contributed by atoms with Gasteiger partial charge in [0.05, 0.1) is 6.42 Å². The monoisotopic (exact) mass is 217 g/mol. The van der Waals surface area contributed by atoms with E-state index >= 15 is 0 Å². The molecule has 0 saturated carbocycles. The molecule has 3 nitrogen and oxygen atoms in total. The smallest absolute Gasteiger partial charge is 0.303 e. The van der Waals surface area contributed by atoms with E-state index in [0.717, 1.165) is 16.8 Å². The molecule has 0 amide bonds. The van der Waals surface area contributed by atoms with Crippen LogP contribution < -0.4 is 0 Å². The zero-order valence-corrected chi connectivity index (χ0v) is 9.50. The molecule has 1 heterocycles. The number of rotatable bonds is 3. The number of aliphatic carboxylic acids is 1. The first-order valence-corrected chi connectivity index (χ1v) is 5.37. The fraction of sp³-hybridized carbons (Fsp3) is 0.308. The van der Waals surface area contributed by atoms with Crippen LogP contribution >= 0.6 is 0 Å². The zero-order valence-electron chi connectivity index (χ0n) is 9.50. The first-order chi connectivity index (χ1) is 7.58. The van der Waals surface area contributed by atoms with E-state index in [0.29, 0.717) is 6.42 Å². The molecule has 0 aliphatic carbocycles. The predicted octanol–water partition coefficient (Wildman–Crippen LogP) is 2.80. The molecule has 16 heavy (non-hydrogen) atoms. The third-order valence-corrected chi connectivity index (χ3v) is 2.91. The fourth-order valence-electron chi connectivity index (χ4n) is 1.99. The van der Waals surface area contributed by atoms with Crippen molar-refractivity contribution in [2.45, 2.75) is 26.7 Å². The number of hydrogen-bond donors (Lipinski definition) is 2. The highest BCUT2D eigenvalue weighted by atomic mass is 16.4. The molecule has 0 fully saturated rings. The highest BCUT2D eigenvalue weighted by Crippen LogP contribution is 2.23. The molecule has 0 radical (unpaired) electrons. The Kier molecular flexibility index (Phi) is 2.69. The Hall–Kier alpha value is -1.77. The van der Waals surface area contributed by atoms with Gasteiger partial charge in [-0.3, -0.25) is 4.79 Å². The lowest BCUT2D eigenvalue weighted by atomic mass is 10.1. The molecule has 2 N–H and O–H groups in total. The summed E-state index contributed by atoms with van der Waals surface area (Å²) in [6, 6.07) is 6.25. The molecule has 0 aliphatic rings. The minimum atomic E-state index is -0.755. The minimum absolute atomic E-state index is 0.173. The SMILES string of the molecule is Cc1ccc2c(C)c(CCC(=O)O)[nH]c2c1. The molecule has 0 atom stereocenters. The van der Waals surface area contributed by atoms with Crippen molar-refractivity contribution in [3.8, 4) is 0 Å². The summed E-state index contributed by atoms with van der Waals surface area (Å²) in [6.45, 7) is 4.08.